The zero-order chi connectivity index (χ0) is 14.7. The summed E-state index contributed by atoms with van der Waals surface area (Å²) in [7, 11) is 0. The molecule has 1 aliphatic rings. The number of carboxylic acid groups (broad SMARTS) is 1. The molecule has 1 aromatic heterocycles. The summed E-state index contributed by atoms with van der Waals surface area (Å²) in [6.07, 6.45) is 2.70. The summed E-state index contributed by atoms with van der Waals surface area (Å²) in [5, 5.41) is 18.7. The highest BCUT2D eigenvalue weighted by molar-refractivity contribution is 5.92. The molecule has 2 atom stereocenters. The number of amides is 1. The fourth-order valence-corrected chi connectivity index (χ4v) is 2.62. The number of aromatic amines is 1. The van der Waals surface area contributed by atoms with Gasteiger partial charge in [-0.15, -0.1) is 0 Å². The third kappa shape index (κ3) is 3.59. The van der Waals surface area contributed by atoms with Gasteiger partial charge in [-0.1, -0.05) is 13.8 Å². The maximum Gasteiger partial charge on any atom is 0.306 e. The number of nitrogens with zero attached hydrogens (tertiary/aromatic N) is 1. The van der Waals surface area contributed by atoms with E-state index in [1.54, 1.807) is 6.07 Å². The summed E-state index contributed by atoms with van der Waals surface area (Å²) in [6.45, 7) is 4.20. The minimum absolute atomic E-state index is 0.0613. The molecule has 1 amide bonds. The second kappa shape index (κ2) is 6.07. The van der Waals surface area contributed by atoms with Crippen LogP contribution in [0.25, 0.3) is 0 Å². The Morgan fingerprint density at radius 2 is 2.25 bits per heavy atom. The number of H-pyrrole nitrogens is 1. The molecule has 0 unspecified atom stereocenters. The summed E-state index contributed by atoms with van der Waals surface area (Å²) in [5.74, 6) is -0.846. The Bertz CT molecular complexity index is 496. The maximum atomic E-state index is 12.0. The molecule has 1 heterocycles. The van der Waals surface area contributed by atoms with Crippen LogP contribution in [0.5, 0.6) is 0 Å². The normalized spacial score (nSPS) is 22.1. The Labute approximate surface area is 118 Å². The van der Waals surface area contributed by atoms with E-state index in [2.05, 4.69) is 29.4 Å². The van der Waals surface area contributed by atoms with Crippen LogP contribution in [0.15, 0.2) is 6.07 Å². The first-order chi connectivity index (χ1) is 9.45. The molecule has 2 rings (SSSR count). The van der Waals surface area contributed by atoms with Crippen molar-refractivity contribution >= 4 is 11.9 Å². The zero-order valence-corrected chi connectivity index (χ0v) is 11.8. The first-order valence-corrected chi connectivity index (χ1v) is 7.03. The Morgan fingerprint density at radius 1 is 1.50 bits per heavy atom. The minimum Gasteiger partial charge on any atom is -0.481 e. The first-order valence-electron chi connectivity index (χ1n) is 7.03. The van der Waals surface area contributed by atoms with Gasteiger partial charge in [-0.3, -0.25) is 14.7 Å². The first kappa shape index (κ1) is 14.6. The van der Waals surface area contributed by atoms with Gasteiger partial charge in [0, 0.05) is 11.7 Å². The summed E-state index contributed by atoms with van der Waals surface area (Å²) < 4.78 is 0. The van der Waals surface area contributed by atoms with Crippen molar-refractivity contribution in [3.8, 4) is 0 Å². The molecule has 1 fully saturated rings. The zero-order valence-electron chi connectivity index (χ0n) is 11.8. The van der Waals surface area contributed by atoms with Crippen LogP contribution in [-0.4, -0.2) is 33.2 Å². The molecular formula is C14H21N3O3. The third-order valence-electron chi connectivity index (χ3n) is 3.61. The van der Waals surface area contributed by atoms with Crippen LogP contribution in [0.3, 0.4) is 0 Å². The van der Waals surface area contributed by atoms with Gasteiger partial charge in [0.1, 0.15) is 5.69 Å². The second-order valence-electron chi connectivity index (χ2n) is 5.89. The standard InChI is InChI=1S/C14H21N3O3/c1-8(2)5-11-7-12(17-16-11)13(18)15-10-4-3-9(6-10)14(19)20/h7-10H,3-6H2,1-2H3,(H,15,18)(H,16,17)(H,19,20)/t9-,10-/m1/s1. The number of carbonyl (C=O) groups excluding carboxylic acids is 1. The lowest BCUT2D eigenvalue weighted by atomic mass is 10.1. The van der Waals surface area contributed by atoms with E-state index < -0.39 is 5.97 Å². The van der Waals surface area contributed by atoms with E-state index in [1.165, 1.54) is 0 Å². The number of aromatic nitrogens is 2. The fourth-order valence-electron chi connectivity index (χ4n) is 2.62. The minimum atomic E-state index is -0.777. The van der Waals surface area contributed by atoms with Gasteiger partial charge in [-0.05, 0) is 37.7 Å². The van der Waals surface area contributed by atoms with Crippen LogP contribution >= 0.6 is 0 Å². The van der Waals surface area contributed by atoms with Crippen molar-refractivity contribution in [2.24, 2.45) is 11.8 Å². The van der Waals surface area contributed by atoms with Gasteiger partial charge in [0.25, 0.3) is 5.91 Å². The number of rotatable bonds is 5. The predicted octanol–water partition coefficient (Wildman–Crippen LogP) is 1.59. The van der Waals surface area contributed by atoms with Crippen LogP contribution in [0.2, 0.25) is 0 Å². The van der Waals surface area contributed by atoms with Gasteiger partial charge in [-0.2, -0.15) is 5.10 Å². The van der Waals surface area contributed by atoms with Crippen LogP contribution in [-0.2, 0) is 11.2 Å². The molecule has 3 N–H and O–H groups in total. The fraction of sp³-hybridized carbons (Fsp3) is 0.643. The quantitative estimate of drug-likeness (QED) is 0.762. The average molecular weight is 279 g/mol. The van der Waals surface area contributed by atoms with Gasteiger partial charge < -0.3 is 10.4 Å². The van der Waals surface area contributed by atoms with E-state index in [9.17, 15) is 9.59 Å². The number of hydrogen-bond acceptors (Lipinski definition) is 3. The van der Waals surface area contributed by atoms with Gasteiger partial charge in [0.15, 0.2) is 0 Å². The maximum absolute atomic E-state index is 12.0. The number of nitrogens with one attached hydrogen (secondary N) is 2. The van der Waals surface area contributed by atoms with E-state index in [0.29, 0.717) is 30.9 Å². The van der Waals surface area contributed by atoms with Crippen molar-refractivity contribution in [2.45, 2.75) is 45.6 Å². The second-order valence-corrected chi connectivity index (χ2v) is 5.89. The Morgan fingerprint density at radius 3 is 2.85 bits per heavy atom. The molecule has 1 aliphatic carbocycles. The predicted molar refractivity (Wildman–Crippen MR) is 73.4 cm³/mol. The van der Waals surface area contributed by atoms with Crippen molar-refractivity contribution in [3.63, 3.8) is 0 Å². The van der Waals surface area contributed by atoms with E-state index in [4.69, 9.17) is 5.11 Å². The molecule has 0 aromatic carbocycles. The van der Waals surface area contributed by atoms with Gasteiger partial charge in [0.05, 0.1) is 5.92 Å². The molecule has 0 bridgehead atoms. The Kier molecular flexibility index (Phi) is 4.42. The summed E-state index contributed by atoms with van der Waals surface area (Å²) in [5.41, 5.74) is 1.32. The number of hydrogen-bond donors (Lipinski definition) is 3. The number of carboxylic acids is 1. The van der Waals surface area contributed by atoms with Crippen LogP contribution in [0.4, 0.5) is 0 Å². The Hall–Kier alpha value is -1.85. The SMILES string of the molecule is CC(C)Cc1cc(C(=O)N[C@@H]2CC[C@@H](C(=O)O)C2)n[nH]1. The third-order valence-corrected chi connectivity index (χ3v) is 3.61. The molecule has 20 heavy (non-hydrogen) atoms. The smallest absolute Gasteiger partial charge is 0.306 e. The van der Waals surface area contributed by atoms with Crippen LogP contribution in [0, 0.1) is 11.8 Å². The van der Waals surface area contributed by atoms with Gasteiger partial charge in [0.2, 0.25) is 0 Å². The lowest BCUT2D eigenvalue weighted by molar-refractivity contribution is -0.141. The highest BCUT2D eigenvalue weighted by Crippen LogP contribution is 2.25. The lowest BCUT2D eigenvalue weighted by Crippen LogP contribution is -2.33. The molecule has 6 nitrogen and oxygen atoms in total. The highest BCUT2D eigenvalue weighted by Gasteiger charge is 2.31. The van der Waals surface area contributed by atoms with Crippen molar-refractivity contribution in [3.05, 3.63) is 17.5 Å². The van der Waals surface area contributed by atoms with E-state index in [1.807, 2.05) is 0 Å². The largest absolute Gasteiger partial charge is 0.481 e. The van der Waals surface area contributed by atoms with Gasteiger partial charge in [-0.25, -0.2) is 0 Å². The summed E-state index contributed by atoms with van der Waals surface area (Å²) in [6, 6.07) is 1.70. The average Bonchev–Trinajstić information content (AvgIpc) is 2.97. The molecule has 110 valence electrons. The van der Waals surface area contributed by atoms with E-state index >= 15 is 0 Å². The van der Waals surface area contributed by atoms with Gasteiger partial charge >= 0.3 is 5.97 Å². The Balaban J connectivity index is 1.89. The molecule has 0 saturated heterocycles. The molecule has 0 spiro atoms. The number of aliphatic carboxylic acids is 1. The monoisotopic (exact) mass is 279 g/mol. The van der Waals surface area contributed by atoms with Crippen molar-refractivity contribution < 1.29 is 14.7 Å². The summed E-state index contributed by atoms with van der Waals surface area (Å²) in [4.78, 5) is 22.9. The van der Waals surface area contributed by atoms with Crippen LogP contribution in [0.1, 0.15) is 49.3 Å². The lowest BCUT2D eigenvalue weighted by Gasteiger charge is -2.10. The molecule has 1 saturated carbocycles. The van der Waals surface area contributed by atoms with Crippen molar-refractivity contribution in [1.82, 2.24) is 15.5 Å². The number of carbonyl (C=O) groups is 2. The van der Waals surface area contributed by atoms with Crippen LogP contribution < -0.4 is 5.32 Å². The molecular weight excluding hydrogens is 258 g/mol. The highest BCUT2D eigenvalue weighted by atomic mass is 16.4. The topological polar surface area (TPSA) is 95.1 Å². The van der Waals surface area contributed by atoms with Crippen molar-refractivity contribution in [2.75, 3.05) is 0 Å². The molecule has 6 heteroatoms. The molecule has 1 aromatic rings. The van der Waals surface area contributed by atoms with Crippen molar-refractivity contribution in [1.29, 1.82) is 0 Å². The van der Waals surface area contributed by atoms with E-state index in [-0.39, 0.29) is 17.9 Å². The summed E-state index contributed by atoms with van der Waals surface area (Å²) >= 11 is 0. The van der Waals surface area contributed by atoms with E-state index in [0.717, 1.165) is 12.1 Å². The molecule has 0 radical (unpaired) electrons. The molecule has 0 aliphatic heterocycles.